The molecule has 4 heteroatoms. The molecule has 0 saturated heterocycles. The molecule has 2 heterocycles. The maximum Gasteiger partial charge on any atom is 0.142 e. The molecule has 0 saturated carbocycles. The van der Waals surface area contributed by atoms with Gasteiger partial charge in [-0.3, -0.25) is 0 Å². The van der Waals surface area contributed by atoms with Crippen LogP contribution in [0.4, 0.5) is 11.5 Å². The lowest BCUT2D eigenvalue weighted by Crippen LogP contribution is -1.94. The van der Waals surface area contributed by atoms with E-state index in [1.54, 1.807) is 17.7 Å². The molecule has 2 aromatic heterocycles. The second kappa shape index (κ2) is 5.59. The first-order valence-corrected chi connectivity index (χ1v) is 7.71. The fourth-order valence-electron chi connectivity index (χ4n) is 2.14. The van der Waals surface area contributed by atoms with Crippen molar-refractivity contribution >= 4 is 33.1 Å². The van der Waals surface area contributed by atoms with Gasteiger partial charge in [0.05, 0.1) is 5.39 Å². The summed E-state index contributed by atoms with van der Waals surface area (Å²) in [4.78, 5) is 11.1. The van der Waals surface area contributed by atoms with Crippen LogP contribution in [0.3, 0.4) is 0 Å². The number of aromatic nitrogens is 2. The number of aryl methyl sites for hydroxylation is 2. The molecular weight excluding hydrogens is 266 g/mol. The van der Waals surface area contributed by atoms with E-state index in [0.717, 1.165) is 34.6 Å². The Labute approximate surface area is 122 Å². The first-order chi connectivity index (χ1) is 9.80. The third-order valence-corrected chi connectivity index (χ3v) is 4.54. The summed E-state index contributed by atoms with van der Waals surface area (Å²) in [6, 6.07) is 10.7. The number of rotatable bonds is 4. The minimum atomic E-state index is 0.884. The van der Waals surface area contributed by atoms with Crippen molar-refractivity contribution in [1.82, 2.24) is 9.97 Å². The Morgan fingerprint density at radius 2 is 1.85 bits per heavy atom. The van der Waals surface area contributed by atoms with Crippen molar-refractivity contribution < 1.29 is 0 Å². The summed E-state index contributed by atoms with van der Waals surface area (Å²) in [6.45, 7) is 4.32. The fourth-order valence-corrected chi connectivity index (χ4v) is 3.07. The summed E-state index contributed by atoms with van der Waals surface area (Å²) >= 11 is 1.74. The Morgan fingerprint density at radius 3 is 2.55 bits per heavy atom. The fraction of sp³-hybridized carbons (Fsp3) is 0.250. The summed E-state index contributed by atoms with van der Waals surface area (Å²) in [5, 5.41) is 4.50. The van der Waals surface area contributed by atoms with E-state index in [9.17, 15) is 0 Å². The highest BCUT2D eigenvalue weighted by atomic mass is 32.1. The average Bonchev–Trinajstić information content (AvgIpc) is 2.92. The summed E-state index contributed by atoms with van der Waals surface area (Å²) in [7, 11) is 0. The highest BCUT2D eigenvalue weighted by Gasteiger charge is 2.08. The number of thiophene rings is 1. The van der Waals surface area contributed by atoms with Crippen LogP contribution in [0.5, 0.6) is 0 Å². The molecule has 0 atom stereocenters. The predicted molar refractivity (Wildman–Crippen MR) is 85.9 cm³/mol. The molecule has 102 valence electrons. The van der Waals surface area contributed by atoms with Gasteiger partial charge in [0.15, 0.2) is 0 Å². The molecule has 1 aromatic carbocycles. The van der Waals surface area contributed by atoms with Gasteiger partial charge in [-0.25, -0.2) is 9.97 Å². The number of hydrogen-bond donors (Lipinski definition) is 1. The van der Waals surface area contributed by atoms with E-state index in [4.69, 9.17) is 0 Å². The zero-order chi connectivity index (χ0) is 13.9. The number of anilines is 2. The maximum absolute atomic E-state index is 4.38. The van der Waals surface area contributed by atoms with Gasteiger partial charge in [-0.15, -0.1) is 11.3 Å². The molecule has 20 heavy (non-hydrogen) atoms. The van der Waals surface area contributed by atoms with Gasteiger partial charge >= 0.3 is 0 Å². The first-order valence-electron chi connectivity index (χ1n) is 6.89. The highest BCUT2D eigenvalue weighted by Crippen LogP contribution is 2.30. The quantitative estimate of drug-likeness (QED) is 0.762. The molecule has 0 aliphatic heterocycles. The van der Waals surface area contributed by atoms with Gasteiger partial charge in [0.2, 0.25) is 0 Å². The summed E-state index contributed by atoms with van der Waals surface area (Å²) in [5.74, 6) is 0.884. The van der Waals surface area contributed by atoms with Crippen molar-refractivity contribution in [1.29, 1.82) is 0 Å². The summed E-state index contributed by atoms with van der Waals surface area (Å²) < 4.78 is 0. The standard InChI is InChI=1S/C16H17N3S/c1-3-11-5-7-12(8-6-11)19-15-14-9-13(4-2)20-16(14)18-10-17-15/h5-10H,3-4H2,1-2H3,(H,17,18,19). The largest absolute Gasteiger partial charge is 0.340 e. The zero-order valence-electron chi connectivity index (χ0n) is 11.7. The van der Waals surface area contributed by atoms with Crippen molar-refractivity contribution in [3.05, 3.63) is 47.1 Å². The van der Waals surface area contributed by atoms with Gasteiger partial charge in [0, 0.05) is 10.6 Å². The van der Waals surface area contributed by atoms with Crippen LogP contribution in [0.1, 0.15) is 24.3 Å². The Balaban J connectivity index is 1.94. The minimum absolute atomic E-state index is 0.884. The third-order valence-electron chi connectivity index (χ3n) is 3.35. The number of hydrogen-bond acceptors (Lipinski definition) is 4. The average molecular weight is 283 g/mol. The van der Waals surface area contributed by atoms with Crippen LogP contribution in [-0.2, 0) is 12.8 Å². The van der Waals surface area contributed by atoms with Crippen LogP contribution in [-0.4, -0.2) is 9.97 Å². The maximum atomic E-state index is 4.38. The van der Waals surface area contributed by atoms with Crippen molar-refractivity contribution in [3.63, 3.8) is 0 Å². The van der Waals surface area contributed by atoms with E-state index >= 15 is 0 Å². The van der Waals surface area contributed by atoms with E-state index in [-0.39, 0.29) is 0 Å². The van der Waals surface area contributed by atoms with Gasteiger partial charge in [-0.05, 0) is 36.6 Å². The molecule has 1 N–H and O–H groups in total. The second-order valence-electron chi connectivity index (χ2n) is 4.68. The van der Waals surface area contributed by atoms with E-state index in [1.807, 2.05) is 0 Å². The Bertz CT molecular complexity index is 716. The zero-order valence-corrected chi connectivity index (χ0v) is 12.5. The van der Waals surface area contributed by atoms with Crippen LogP contribution in [0, 0.1) is 0 Å². The van der Waals surface area contributed by atoms with Crippen molar-refractivity contribution in [2.75, 3.05) is 5.32 Å². The van der Waals surface area contributed by atoms with Crippen LogP contribution < -0.4 is 5.32 Å². The summed E-state index contributed by atoms with van der Waals surface area (Å²) in [6.07, 6.45) is 3.72. The summed E-state index contributed by atoms with van der Waals surface area (Å²) in [5.41, 5.74) is 2.40. The molecule has 3 rings (SSSR count). The molecule has 3 aromatic rings. The highest BCUT2D eigenvalue weighted by molar-refractivity contribution is 7.18. The lowest BCUT2D eigenvalue weighted by atomic mass is 10.1. The van der Waals surface area contributed by atoms with Crippen LogP contribution >= 0.6 is 11.3 Å². The molecule has 0 aliphatic carbocycles. The predicted octanol–water partition coefficient (Wildman–Crippen LogP) is 4.56. The number of nitrogens with one attached hydrogen (secondary N) is 1. The molecule has 0 unspecified atom stereocenters. The second-order valence-corrected chi connectivity index (χ2v) is 5.80. The van der Waals surface area contributed by atoms with Gasteiger partial charge in [0.1, 0.15) is 17.0 Å². The van der Waals surface area contributed by atoms with E-state index in [0.29, 0.717) is 0 Å². The molecule has 0 amide bonds. The van der Waals surface area contributed by atoms with E-state index in [2.05, 4.69) is 59.5 Å². The molecule has 0 fully saturated rings. The van der Waals surface area contributed by atoms with Crippen LogP contribution in [0.2, 0.25) is 0 Å². The minimum Gasteiger partial charge on any atom is -0.340 e. The number of nitrogens with zero attached hydrogens (tertiary/aromatic N) is 2. The van der Waals surface area contributed by atoms with E-state index < -0.39 is 0 Å². The molecule has 0 radical (unpaired) electrons. The molecule has 3 nitrogen and oxygen atoms in total. The molecule has 0 aliphatic rings. The SMILES string of the molecule is CCc1ccc(Nc2ncnc3sc(CC)cc23)cc1. The monoisotopic (exact) mass is 283 g/mol. The first kappa shape index (κ1) is 13.1. The lowest BCUT2D eigenvalue weighted by molar-refractivity contribution is 1.14. The Morgan fingerprint density at radius 1 is 1.05 bits per heavy atom. The van der Waals surface area contributed by atoms with Crippen LogP contribution in [0.15, 0.2) is 36.7 Å². The molecule has 0 bridgehead atoms. The van der Waals surface area contributed by atoms with Crippen molar-refractivity contribution in [2.45, 2.75) is 26.7 Å². The third kappa shape index (κ3) is 2.51. The van der Waals surface area contributed by atoms with Gasteiger partial charge < -0.3 is 5.32 Å². The van der Waals surface area contributed by atoms with Crippen molar-refractivity contribution in [2.24, 2.45) is 0 Å². The topological polar surface area (TPSA) is 37.8 Å². The van der Waals surface area contributed by atoms with Gasteiger partial charge in [-0.1, -0.05) is 26.0 Å². The Kier molecular flexibility index (Phi) is 3.65. The van der Waals surface area contributed by atoms with Gasteiger partial charge in [-0.2, -0.15) is 0 Å². The molecular formula is C16H17N3S. The van der Waals surface area contributed by atoms with Crippen molar-refractivity contribution in [3.8, 4) is 0 Å². The Hall–Kier alpha value is -1.94. The lowest BCUT2D eigenvalue weighted by Gasteiger charge is -2.07. The molecule has 0 spiro atoms. The van der Waals surface area contributed by atoms with E-state index in [1.165, 1.54) is 10.4 Å². The normalized spacial score (nSPS) is 10.9. The smallest absolute Gasteiger partial charge is 0.142 e. The van der Waals surface area contributed by atoms with Gasteiger partial charge in [0.25, 0.3) is 0 Å². The van der Waals surface area contributed by atoms with Crippen LogP contribution in [0.25, 0.3) is 10.2 Å². The number of benzene rings is 1. The number of fused-ring (bicyclic) bond motifs is 1.